The molecule has 152 valence electrons. The lowest BCUT2D eigenvalue weighted by molar-refractivity contribution is -1.01. The first-order valence-corrected chi connectivity index (χ1v) is 10.8. The van der Waals surface area contributed by atoms with Crippen LogP contribution in [-0.4, -0.2) is 74.3 Å². The average Bonchev–Trinajstić information content (AvgIpc) is 2.95. The van der Waals surface area contributed by atoms with Gasteiger partial charge in [0.1, 0.15) is 44.7 Å². The van der Waals surface area contributed by atoms with E-state index < -0.39 is 6.10 Å². The molecule has 0 spiro atoms. The molecule has 27 heavy (non-hydrogen) atoms. The number of aliphatic hydroxyl groups is 2. The molecule has 0 radical (unpaired) electrons. The summed E-state index contributed by atoms with van der Waals surface area (Å²) in [7, 11) is 0. The van der Waals surface area contributed by atoms with E-state index in [2.05, 4.69) is 19.9 Å². The Bertz CT molecular complexity index is 601. The minimum absolute atomic E-state index is 0.0736. The van der Waals surface area contributed by atoms with E-state index in [9.17, 15) is 9.90 Å². The number of hydrogen-bond acceptors (Lipinski definition) is 4. The molecule has 4 aliphatic rings. The van der Waals surface area contributed by atoms with Gasteiger partial charge in [0.25, 0.3) is 0 Å². The molecule has 4 rings (SSSR count). The maximum atomic E-state index is 12.7. The minimum atomic E-state index is -0.505. The molecule has 6 nitrogen and oxygen atoms in total. The molecule has 0 bridgehead atoms. The van der Waals surface area contributed by atoms with E-state index in [4.69, 9.17) is 9.84 Å². The lowest BCUT2D eigenvalue weighted by Gasteiger charge is -2.51. The number of aliphatic hydroxyl groups excluding tert-OH is 2. The summed E-state index contributed by atoms with van der Waals surface area (Å²) in [5.41, 5.74) is 1.09. The number of esters is 1. The van der Waals surface area contributed by atoms with E-state index in [0.29, 0.717) is 5.92 Å². The molecule has 2 saturated heterocycles. The maximum absolute atomic E-state index is 12.7. The number of nitrogens with one attached hydrogen (secondary N) is 2. The first-order chi connectivity index (χ1) is 12.9. The smallest absolute Gasteiger partial charge is 0.315 e. The van der Waals surface area contributed by atoms with Gasteiger partial charge in [0, 0.05) is 17.8 Å². The van der Waals surface area contributed by atoms with Crippen molar-refractivity contribution in [2.75, 3.05) is 45.9 Å². The second-order valence-electron chi connectivity index (χ2n) is 9.48. The monoisotopic (exact) mass is 380 g/mol. The van der Waals surface area contributed by atoms with Crippen LogP contribution in [0.25, 0.3) is 0 Å². The van der Waals surface area contributed by atoms with E-state index in [1.54, 1.807) is 0 Å². The zero-order valence-corrected chi connectivity index (χ0v) is 16.7. The molecule has 6 atom stereocenters. The van der Waals surface area contributed by atoms with Crippen molar-refractivity contribution >= 4 is 5.97 Å². The van der Waals surface area contributed by atoms with Crippen LogP contribution in [0.1, 0.15) is 33.1 Å². The standard InChI is InChI=1S/C21H34N2O4/c1-14-4-3-5-15-12-17-18(19(25)21(14,15)2)16(20(26)27-17)13-23-8-6-22(7-9-23)10-11-24/h5,14,16-19,24-25H,3-4,6-13H2,1-2H3/p+2/t14-,16-,17+,18+,19+,21+/m0/s1. The highest BCUT2D eigenvalue weighted by Crippen LogP contribution is 2.55. The van der Waals surface area contributed by atoms with Crippen LogP contribution in [0, 0.1) is 23.2 Å². The van der Waals surface area contributed by atoms with Crippen LogP contribution in [0.4, 0.5) is 0 Å². The molecule has 0 unspecified atom stereocenters. The van der Waals surface area contributed by atoms with Gasteiger partial charge in [-0.25, -0.2) is 0 Å². The first kappa shape index (κ1) is 19.4. The Hall–Kier alpha value is -0.950. The molecule has 3 fully saturated rings. The van der Waals surface area contributed by atoms with Crippen molar-refractivity contribution in [1.29, 1.82) is 0 Å². The number of allylic oxidation sites excluding steroid dienone is 1. The second kappa shape index (κ2) is 7.47. The van der Waals surface area contributed by atoms with Crippen molar-refractivity contribution < 1.29 is 29.5 Å². The van der Waals surface area contributed by atoms with Gasteiger partial charge in [0.15, 0.2) is 0 Å². The van der Waals surface area contributed by atoms with Crippen LogP contribution in [-0.2, 0) is 9.53 Å². The van der Waals surface area contributed by atoms with Crippen molar-refractivity contribution in [3.63, 3.8) is 0 Å². The van der Waals surface area contributed by atoms with Crippen molar-refractivity contribution in [3.8, 4) is 0 Å². The highest BCUT2D eigenvalue weighted by Gasteiger charge is 2.60. The summed E-state index contributed by atoms with van der Waals surface area (Å²) >= 11 is 0. The van der Waals surface area contributed by atoms with Crippen molar-refractivity contribution in [2.24, 2.45) is 23.2 Å². The zero-order chi connectivity index (χ0) is 19.2. The summed E-state index contributed by atoms with van der Waals surface area (Å²) in [5, 5.41) is 20.5. The quantitative estimate of drug-likeness (QED) is 0.338. The Morgan fingerprint density at radius 2 is 1.96 bits per heavy atom. The Balaban J connectivity index is 1.48. The predicted molar refractivity (Wildman–Crippen MR) is 100 cm³/mol. The van der Waals surface area contributed by atoms with E-state index in [0.717, 1.165) is 58.5 Å². The largest absolute Gasteiger partial charge is 0.461 e. The van der Waals surface area contributed by atoms with Gasteiger partial charge in [-0.2, -0.15) is 0 Å². The second-order valence-corrected chi connectivity index (χ2v) is 9.48. The summed E-state index contributed by atoms with van der Waals surface area (Å²) in [6.07, 6.45) is 4.61. The van der Waals surface area contributed by atoms with Crippen molar-refractivity contribution in [3.05, 3.63) is 11.6 Å². The van der Waals surface area contributed by atoms with E-state index in [-0.39, 0.29) is 35.9 Å². The number of fused-ring (bicyclic) bond motifs is 2. The molecule has 2 aliphatic carbocycles. The van der Waals surface area contributed by atoms with Crippen LogP contribution in [0.5, 0.6) is 0 Å². The van der Waals surface area contributed by atoms with Crippen LogP contribution < -0.4 is 9.80 Å². The number of carbonyl (C=O) groups excluding carboxylic acids is 1. The van der Waals surface area contributed by atoms with Crippen LogP contribution >= 0.6 is 0 Å². The van der Waals surface area contributed by atoms with Gasteiger partial charge in [0.2, 0.25) is 0 Å². The molecular formula is C21H36N2O4+2. The normalized spacial score (nSPS) is 47.0. The summed E-state index contributed by atoms with van der Waals surface area (Å²) in [5.74, 6) is 0.0716. The van der Waals surface area contributed by atoms with Crippen LogP contribution in [0.15, 0.2) is 11.6 Å². The van der Waals surface area contributed by atoms with Crippen molar-refractivity contribution in [2.45, 2.75) is 45.3 Å². The molecule has 0 aromatic heterocycles. The fraction of sp³-hybridized carbons (Fsp3) is 0.857. The lowest BCUT2D eigenvalue weighted by atomic mass is 9.55. The number of ether oxygens (including phenoxy) is 1. The van der Waals surface area contributed by atoms with E-state index >= 15 is 0 Å². The zero-order valence-electron chi connectivity index (χ0n) is 16.7. The van der Waals surface area contributed by atoms with Crippen LogP contribution in [0.2, 0.25) is 0 Å². The molecule has 0 aromatic carbocycles. The highest BCUT2D eigenvalue weighted by atomic mass is 16.6. The third-order valence-corrected chi connectivity index (χ3v) is 8.21. The fourth-order valence-corrected chi connectivity index (χ4v) is 6.18. The summed E-state index contributed by atoms with van der Waals surface area (Å²) in [4.78, 5) is 15.6. The van der Waals surface area contributed by atoms with Gasteiger partial charge in [0.05, 0.1) is 19.3 Å². The number of hydrogen-bond donors (Lipinski definition) is 4. The number of carbonyl (C=O) groups is 1. The van der Waals surface area contributed by atoms with Crippen molar-refractivity contribution in [1.82, 2.24) is 0 Å². The van der Waals surface area contributed by atoms with Gasteiger partial charge in [-0.15, -0.1) is 0 Å². The fourth-order valence-electron chi connectivity index (χ4n) is 6.18. The molecule has 0 aromatic rings. The van der Waals surface area contributed by atoms with Gasteiger partial charge >= 0.3 is 5.97 Å². The molecule has 4 N–H and O–H groups in total. The van der Waals surface area contributed by atoms with Gasteiger partial charge in [-0.3, -0.25) is 4.79 Å². The Morgan fingerprint density at radius 1 is 1.26 bits per heavy atom. The highest BCUT2D eigenvalue weighted by molar-refractivity contribution is 5.76. The molecular weight excluding hydrogens is 344 g/mol. The number of quaternary nitrogens is 2. The molecule has 2 heterocycles. The third kappa shape index (κ3) is 3.24. The Labute approximate surface area is 162 Å². The third-order valence-electron chi connectivity index (χ3n) is 8.21. The van der Waals surface area contributed by atoms with E-state index in [1.165, 1.54) is 15.4 Å². The predicted octanol–water partition coefficient (Wildman–Crippen LogP) is -1.95. The molecule has 6 heteroatoms. The average molecular weight is 381 g/mol. The molecule has 1 saturated carbocycles. The van der Waals surface area contributed by atoms with Crippen LogP contribution in [0.3, 0.4) is 0 Å². The summed E-state index contributed by atoms with van der Waals surface area (Å²) in [6.45, 7) is 10.4. The van der Waals surface area contributed by atoms with Gasteiger partial charge in [-0.1, -0.05) is 25.5 Å². The van der Waals surface area contributed by atoms with Gasteiger partial charge < -0.3 is 24.7 Å². The number of rotatable bonds is 4. The lowest BCUT2D eigenvalue weighted by Crippen LogP contribution is -3.28. The summed E-state index contributed by atoms with van der Waals surface area (Å²) < 4.78 is 5.79. The molecule has 0 amide bonds. The Kier molecular flexibility index (Phi) is 5.36. The number of piperazine rings is 1. The maximum Gasteiger partial charge on any atom is 0.315 e. The minimum Gasteiger partial charge on any atom is -0.461 e. The van der Waals surface area contributed by atoms with Gasteiger partial charge in [-0.05, 0) is 18.8 Å². The molecule has 2 aliphatic heterocycles. The Morgan fingerprint density at radius 3 is 2.67 bits per heavy atom. The topological polar surface area (TPSA) is 75.6 Å². The van der Waals surface area contributed by atoms with E-state index in [1.807, 2.05) is 0 Å². The first-order valence-electron chi connectivity index (χ1n) is 10.8. The SMILES string of the molecule is C[C@H]1CCC=C2C[C@H]3OC(=O)[C@@H](C[NH+]4CC[NH+](CCO)CC4)[C@H]3[C@@H](O)[C@@]21C. The summed E-state index contributed by atoms with van der Waals surface area (Å²) in [6, 6.07) is 0.